The Kier molecular flexibility index (Phi) is 2.18. The van der Waals surface area contributed by atoms with Crippen molar-refractivity contribution in [2.45, 2.75) is 13.0 Å². The van der Waals surface area contributed by atoms with Crippen LogP contribution in [-0.4, -0.2) is 14.8 Å². The van der Waals surface area contributed by atoms with Crippen molar-refractivity contribution in [2.75, 3.05) is 5.73 Å². The summed E-state index contributed by atoms with van der Waals surface area (Å²) >= 11 is 0. The third-order valence-corrected chi connectivity index (χ3v) is 2.25. The molecule has 0 bridgehead atoms. The second kappa shape index (κ2) is 3.49. The van der Waals surface area contributed by atoms with Crippen LogP contribution in [0.5, 0.6) is 0 Å². The number of hydrogen-bond acceptors (Lipinski definition) is 3. The molecule has 1 aromatic carbocycles. The molecule has 4 nitrogen and oxygen atoms in total. The molecular formula is C10H12N4. The molecule has 2 aromatic rings. The van der Waals surface area contributed by atoms with Crippen LogP contribution in [0.3, 0.4) is 0 Å². The van der Waals surface area contributed by atoms with Crippen molar-refractivity contribution in [3.8, 4) is 0 Å². The number of nitrogens with zero attached hydrogens (tertiary/aromatic N) is 3. The van der Waals surface area contributed by atoms with E-state index >= 15 is 0 Å². The van der Waals surface area contributed by atoms with Gasteiger partial charge in [-0.25, -0.2) is 9.67 Å². The lowest BCUT2D eigenvalue weighted by molar-refractivity contribution is 0.563. The summed E-state index contributed by atoms with van der Waals surface area (Å²) in [5.74, 6) is 0. The maximum absolute atomic E-state index is 5.61. The molecule has 1 aromatic heterocycles. The average Bonchev–Trinajstić information content (AvgIpc) is 2.71. The molecule has 0 radical (unpaired) electrons. The van der Waals surface area contributed by atoms with Crippen LogP contribution in [0, 0.1) is 0 Å². The molecule has 0 fully saturated rings. The number of aromatic nitrogens is 3. The lowest BCUT2D eigenvalue weighted by Crippen LogP contribution is -2.07. The highest BCUT2D eigenvalue weighted by atomic mass is 15.3. The first-order valence-electron chi connectivity index (χ1n) is 4.47. The molecule has 72 valence electrons. The molecule has 0 saturated heterocycles. The minimum Gasteiger partial charge on any atom is -0.399 e. The van der Waals surface area contributed by atoms with Gasteiger partial charge in [-0.2, -0.15) is 5.10 Å². The summed E-state index contributed by atoms with van der Waals surface area (Å²) < 4.78 is 1.81. The van der Waals surface area contributed by atoms with E-state index in [2.05, 4.69) is 17.0 Å². The molecular weight excluding hydrogens is 176 g/mol. The van der Waals surface area contributed by atoms with E-state index in [4.69, 9.17) is 5.73 Å². The zero-order valence-electron chi connectivity index (χ0n) is 7.96. The van der Waals surface area contributed by atoms with E-state index in [1.807, 2.05) is 28.9 Å². The van der Waals surface area contributed by atoms with Crippen LogP contribution in [0.25, 0.3) is 0 Å². The predicted molar refractivity (Wildman–Crippen MR) is 54.7 cm³/mol. The number of nitrogens with two attached hydrogens (primary N) is 1. The van der Waals surface area contributed by atoms with Crippen molar-refractivity contribution in [3.63, 3.8) is 0 Å². The normalized spacial score (nSPS) is 12.6. The molecule has 0 aliphatic heterocycles. The number of rotatable bonds is 2. The van der Waals surface area contributed by atoms with E-state index in [1.54, 1.807) is 6.33 Å². The van der Waals surface area contributed by atoms with Crippen molar-refractivity contribution >= 4 is 5.69 Å². The van der Waals surface area contributed by atoms with E-state index in [9.17, 15) is 0 Å². The quantitative estimate of drug-likeness (QED) is 0.726. The standard InChI is InChI=1S/C10H12N4/c1-8(14-7-12-6-13-14)9-2-4-10(11)5-3-9/h2-8H,11H2,1H3. The van der Waals surface area contributed by atoms with Gasteiger partial charge in [-0.3, -0.25) is 0 Å². The van der Waals surface area contributed by atoms with Crippen molar-refractivity contribution in [1.82, 2.24) is 14.8 Å². The minimum absolute atomic E-state index is 0.193. The topological polar surface area (TPSA) is 56.7 Å². The monoisotopic (exact) mass is 188 g/mol. The first-order valence-corrected chi connectivity index (χ1v) is 4.47. The second-order valence-electron chi connectivity index (χ2n) is 3.22. The summed E-state index contributed by atoms with van der Waals surface area (Å²) in [5.41, 5.74) is 7.56. The molecule has 0 aliphatic rings. The maximum Gasteiger partial charge on any atom is 0.137 e. The van der Waals surface area contributed by atoms with E-state index in [-0.39, 0.29) is 6.04 Å². The van der Waals surface area contributed by atoms with E-state index in [0.717, 1.165) is 5.69 Å². The van der Waals surface area contributed by atoms with Gasteiger partial charge in [0.25, 0.3) is 0 Å². The third-order valence-electron chi connectivity index (χ3n) is 2.25. The Bertz CT molecular complexity index is 391. The fraction of sp³-hybridized carbons (Fsp3) is 0.200. The lowest BCUT2D eigenvalue weighted by Gasteiger charge is -2.11. The zero-order chi connectivity index (χ0) is 9.97. The van der Waals surface area contributed by atoms with Crippen LogP contribution in [-0.2, 0) is 0 Å². The Labute approximate surface area is 82.4 Å². The number of anilines is 1. The summed E-state index contributed by atoms with van der Waals surface area (Å²) in [6.07, 6.45) is 3.24. The molecule has 0 amide bonds. The predicted octanol–water partition coefficient (Wildman–Crippen LogP) is 1.47. The third kappa shape index (κ3) is 1.59. The number of benzene rings is 1. The van der Waals surface area contributed by atoms with Gasteiger partial charge in [0.2, 0.25) is 0 Å². The Morgan fingerprint density at radius 1 is 1.29 bits per heavy atom. The molecule has 2 N–H and O–H groups in total. The van der Waals surface area contributed by atoms with Gasteiger partial charge in [0.1, 0.15) is 12.7 Å². The summed E-state index contributed by atoms with van der Waals surface area (Å²) in [6, 6.07) is 7.98. The fourth-order valence-electron chi connectivity index (χ4n) is 1.34. The molecule has 2 rings (SSSR count). The fourth-order valence-corrected chi connectivity index (χ4v) is 1.34. The van der Waals surface area contributed by atoms with Crippen molar-refractivity contribution in [2.24, 2.45) is 0 Å². The van der Waals surface area contributed by atoms with Gasteiger partial charge in [-0.05, 0) is 24.6 Å². The molecule has 14 heavy (non-hydrogen) atoms. The van der Waals surface area contributed by atoms with E-state index < -0.39 is 0 Å². The molecule has 1 unspecified atom stereocenters. The van der Waals surface area contributed by atoms with Gasteiger partial charge >= 0.3 is 0 Å². The van der Waals surface area contributed by atoms with Gasteiger partial charge in [-0.1, -0.05) is 12.1 Å². The van der Waals surface area contributed by atoms with E-state index in [0.29, 0.717) is 0 Å². The van der Waals surface area contributed by atoms with Crippen LogP contribution < -0.4 is 5.73 Å². The minimum atomic E-state index is 0.193. The Morgan fingerprint density at radius 2 is 2.00 bits per heavy atom. The maximum atomic E-state index is 5.61. The molecule has 1 heterocycles. The Morgan fingerprint density at radius 3 is 2.57 bits per heavy atom. The summed E-state index contributed by atoms with van der Waals surface area (Å²) in [6.45, 7) is 2.07. The summed E-state index contributed by atoms with van der Waals surface area (Å²) in [5, 5.41) is 4.09. The van der Waals surface area contributed by atoms with Crippen molar-refractivity contribution < 1.29 is 0 Å². The van der Waals surface area contributed by atoms with Gasteiger partial charge < -0.3 is 5.73 Å². The highest BCUT2D eigenvalue weighted by Gasteiger charge is 2.06. The van der Waals surface area contributed by atoms with Gasteiger partial charge in [0.15, 0.2) is 0 Å². The molecule has 0 spiro atoms. The van der Waals surface area contributed by atoms with Gasteiger partial charge in [0.05, 0.1) is 6.04 Å². The first kappa shape index (κ1) is 8.74. The Balaban J connectivity index is 2.28. The summed E-state index contributed by atoms with van der Waals surface area (Å²) in [7, 11) is 0. The number of nitrogen functional groups attached to an aromatic ring is 1. The second-order valence-corrected chi connectivity index (χ2v) is 3.22. The van der Waals surface area contributed by atoms with Gasteiger partial charge in [-0.15, -0.1) is 0 Å². The molecule has 0 saturated carbocycles. The highest BCUT2D eigenvalue weighted by Crippen LogP contribution is 2.17. The average molecular weight is 188 g/mol. The van der Waals surface area contributed by atoms with Crippen molar-refractivity contribution in [1.29, 1.82) is 0 Å². The first-order chi connectivity index (χ1) is 6.77. The van der Waals surface area contributed by atoms with Crippen molar-refractivity contribution in [3.05, 3.63) is 42.5 Å². The number of hydrogen-bond donors (Lipinski definition) is 1. The van der Waals surface area contributed by atoms with E-state index in [1.165, 1.54) is 11.9 Å². The smallest absolute Gasteiger partial charge is 0.137 e. The molecule has 1 atom stereocenters. The molecule has 0 aliphatic carbocycles. The SMILES string of the molecule is CC(c1ccc(N)cc1)n1cncn1. The van der Waals surface area contributed by atoms with Crippen LogP contribution in [0.1, 0.15) is 18.5 Å². The van der Waals surface area contributed by atoms with Crippen LogP contribution in [0.2, 0.25) is 0 Å². The lowest BCUT2D eigenvalue weighted by atomic mass is 10.1. The van der Waals surface area contributed by atoms with Crippen LogP contribution in [0.4, 0.5) is 5.69 Å². The Hall–Kier alpha value is -1.84. The largest absolute Gasteiger partial charge is 0.399 e. The highest BCUT2D eigenvalue weighted by molar-refractivity contribution is 5.40. The molecule has 4 heteroatoms. The van der Waals surface area contributed by atoms with Gasteiger partial charge in [0, 0.05) is 5.69 Å². The van der Waals surface area contributed by atoms with Crippen LogP contribution >= 0.6 is 0 Å². The zero-order valence-corrected chi connectivity index (χ0v) is 7.96. The summed E-state index contributed by atoms with van der Waals surface area (Å²) in [4.78, 5) is 3.91. The van der Waals surface area contributed by atoms with Crippen LogP contribution in [0.15, 0.2) is 36.9 Å².